The molecule has 10 heterocycles. The van der Waals surface area contributed by atoms with Crippen molar-refractivity contribution in [2.75, 3.05) is 0 Å². The van der Waals surface area contributed by atoms with Gasteiger partial charge in [-0.15, -0.1) is 0 Å². The fourth-order valence-electron chi connectivity index (χ4n) is 13.0. The zero-order valence-electron chi connectivity index (χ0n) is 51.6. The van der Waals surface area contributed by atoms with Gasteiger partial charge in [-0.2, -0.15) is 0 Å². The van der Waals surface area contributed by atoms with Gasteiger partial charge < -0.3 is 0 Å². The summed E-state index contributed by atoms with van der Waals surface area (Å²) in [7, 11) is 0. The van der Waals surface area contributed by atoms with E-state index in [2.05, 4.69) is 207 Å². The topological polar surface area (TPSA) is 129 Å². The number of benzene rings is 8. The molecule has 0 unspecified atom stereocenters. The van der Waals surface area contributed by atoms with Crippen LogP contribution >= 0.6 is 0 Å². The highest BCUT2D eigenvalue weighted by atomic mass is 14.8. The maximum absolute atomic E-state index is 5.23. The molecule has 0 fully saturated rings. The summed E-state index contributed by atoms with van der Waals surface area (Å²) < 4.78 is 0. The number of hydrogen-bond donors (Lipinski definition) is 0. The molecule has 0 spiro atoms. The largest absolute Gasteiger partial charge is 0.264 e. The van der Waals surface area contributed by atoms with E-state index in [1.807, 2.05) is 140 Å². The van der Waals surface area contributed by atoms with Crippen molar-refractivity contribution < 1.29 is 0 Å². The predicted molar refractivity (Wildman–Crippen MR) is 390 cm³/mol. The second-order valence-corrected chi connectivity index (χ2v) is 23.5. The summed E-state index contributed by atoms with van der Waals surface area (Å²) in [5.41, 5.74) is 25.7. The van der Waals surface area contributed by atoms with E-state index in [1.54, 1.807) is 6.20 Å². The van der Waals surface area contributed by atoms with Gasteiger partial charge in [0, 0.05) is 126 Å². The van der Waals surface area contributed by atoms with Crippen molar-refractivity contribution in [3.8, 4) is 112 Å². The molecule has 0 saturated carbocycles. The molecule has 0 amide bonds. The Bertz CT molecular complexity index is 5420. The van der Waals surface area contributed by atoms with Crippen LogP contribution in [0.4, 0.5) is 0 Å². The summed E-state index contributed by atoms with van der Waals surface area (Å²) in [5.74, 6) is 0. The lowest BCUT2D eigenvalue weighted by atomic mass is 9.95. The monoisotopic (exact) mass is 1230 g/mol. The van der Waals surface area contributed by atoms with Gasteiger partial charge in [0.25, 0.3) is 0 Å². The number of aromatic nitrogens is 10. The van der Waals surface area contributed by atoms with Gasteiger partial charge in [-0.3, -0.25) is 29.9 Å². The van der Waals surface area contributed by atoms with Crippen molar-refractivity contribution in [1.82, 2.24) is 49.8 Å². The van der Waals surface area contributed by atoms with E-state index in [4.69, 9.17) is 24.9 Å². The fraction of sp³-hybridized carbons (Fsp3) is 0. The zero-order chi connectivity index (χ0) is 63.7. The van der Waals surface area contributed by atoms with Gasteiger partial charge in [-0.25, -0.2) is 19.9 Å². The van der Waals surface area contributed by atoms with Gasteiger partial charge in [0.15, 0.2) is 0 Å². The van der Waals surface area contributed by atoms with Gasteiger partial charge in [0.05, 0.1) is 73.0 Å². The molecular weight excluding hydrogens is 1170 g/mol. The number of pyridine rings is 10. The van der Waals surface area contributed by atoms with Crippen molar-refractivity contribution in [2.24, 2.45) is 0 Å². The minimum Gasteiger partial charge on any atom is -0.264 e. The molecular formula is C86H54N10. The third-order valence-corrected chi connectivity index (χ3v) is 17.6. The molecule has 10 nitrogen and oxygen atoms in total. The van der Waals surface area contributed by atoms with Gasteiger partial charge >= 0.3 is 0 Å². The zero-order valence-corrected chi connectivity index (χ0v) is 51.6. The van der Waals surface area contributed by atoms with Crippen LogP contribution in [0.15, 0.2) is 328 Å². The van der Waals surface area contributed by atoms with E-state index in [9.17, 15) is 0 Å². The summed E-state index contributed by atoms with van der Waals surface area (Å²) in [4.78, 5) is 48.4. The maximum Gasteiger partial charge on any atom is 0.0979 e. The van der Waals surface area contributed by atoms with Crippen LogP contribution in [-0.4, -0.2) is 49.8 Å². The lowest BCUT2D eigenvalue weighted by molar-refractivity contribution is 1.31. The van der Waals surface area contributed by atoms with E-state index >= 15 is 0 Å². The van der Waals surface area contributed by atoms with E-state index < -0.39 is 0 Å². The van der Waals surface area contributed by atoms with Crippen molar-refractivity contribution in [1.29, 1.82) is 0 Å². The molecule has 18 aromatic rings. The van der Waals surface area contributed by atoms with Gasteiger partial charge in [-0.1, -0.05) is 158 Å². The number of para-hydroxylation sites is 2. The van der Waals surface area contributed by atoms with Gasteiger partial charge in [0.1, 0.15) is 0 Å². The summed E-state index contributed by atoms with van der Waals surface area (Å²) in [6.07, 6.45) is 12.9. The molecule has 448 valence electrons. The molecule has 10 aromatic heterocycles. The van der Waals surface area contributed by atoms with E-state index in [-0.39, 0.29) is 0 Å². The summed E-state index contributed by atoms with van der Waals surface area (Å²) in [6.45, 7) is 0. The quantitative estimate of drug-likeness (QED) is 0.0964. The Balaban J connectivity index is 0.000000145. The Morgan fingerprint density at radius 1 is 0.188 bits per heavy atom. The first kappa shape index (κ1) is 56.8. The standard InChI is InChI=1S/2C43H27N5/c1-2-12-39-34(9-1)41(40-13-5-8-24-46-40)35-20-18-30-19-21-38(47-42(30)43(35)48-39)29-16-14-28(15-17-29)31-25-32(36-10-3-6-22-44-36)27-33(26-31)37-11-4-7-23-45-37;1-2-12-40-35(9-1)41(31-8-7-21-44-27-31)36-19-17-30-18-20-39(47-42(30)43(36)48-40)29-15-13-28(14-16-29)32-24-33(37-10-3-5-22-45-37)26-34(25-32)38-11-4-6-23-46-38/h2*1-27H. The number of hydrogen-bond acceptors (Lipinski definition) is 10. The van der Waals surface area contributed by atoms with Crippen molar-refractivity contribution in [2.45, 2.75) is 0 Å². The first-order valence-electron chi connectivity index (χ1n) is 31.8. The van der Waals surface area contributed by atoms with Gasteiger partial charge in [0.2, 0.25) is 0 Å². The Labute approximate surface area is 552 Å². The van der Waals surface area contributed by atoms with Crippen LogP contribution in [0.3, 0.4) is 0 Å². The van der Waals surface area contributed by atoms with Crippen molar-refractivity contribution in [3.05, 3.63) is 328 Å². The number of fused-ring (bicyclic) bond motifs is 8. The molecule has 8 aromatic carbocycles. The summed E-state index contributed by atoms with van der Waals surface area (Å²) in [6, 6.07) is 98.0. The first-order chi connectivity index (χ1) is 47.6. The first-order valence-corrected chi connectivity index (χ1v) is 31.8. The van der Waals surface area contributed by atoms with Crippen molar-refractivity contribution in [3.63, 3.8) is 0 Å². The molecule has 10 heteroatoms. The van der Waals surface area contributed by atoms with Crippen molar-refractivity contribution >= 4 is 65.4 Å². The second kappa shape index (κ2) is 24.8. The third-order valence-electron chi connectivity index (χ3n) is 17.6. The Kier molecular flexibility index (Phi) is 14.7. The van der Waals surface area contributed by atoms with Crippen LogP contribution in [0.1, 0.15) is 0 Å². The average molecular weight is 1230 g/mol. The highest BCUT2D eigenvalue weighted by Gasteiger charge is 2.19. The Morgan fingerprint density at radius 2 is 0.552 bits per heavy atom. The van der Waals surface area contributed by atoms with E-state index in [0.29, 0.717) is 0 Å². The highest BCUT2D eigenvalue weighted by Crippen LogP contribution is 2.41. The SMILES string of the molecule is c1ccc(-c2cc(-c3ccc(-c4ccc5ccc6c(-c7ccccn7)c7ccccc7nc6c5n4)cc3)cc(-c3ccccn3)c2)nc1.c1ccc(-c2cc(-c3ccc(-c4ccc5ccc6c(-c7cccnc7)c7ccccc7nc6c5n4)cc3)cc(-c3ccccn3)c2)nc1. The Morgan fingerprint density at radius 3 is 0.958 bits per heavy atom. The lowest BCUT2D eigenvalue weighted by Crippen LogP contribution is -1.94. The average Bonchev–Trinajstić information content (AvgIpc) is 0.751. The summed E-state index contributed by atoms with van der Waals surface area (Å²) >= 11 is 0. The Hall–Kier alpha value is -13.2. The predicted octanol–water partition coefficient (Wildman–Crippen LogP) is 20.9. The second-order valence-electron chi connectivity index (χ2n) is 23.5. The van der Waals surface area contributed by atoms with Crippen LogP contribution in [0, 0.1) is 0 Å². The molecule has 0 N–H and O–H groups in total. The number of nitrogens with zero attached hydrogens (tertiary/aromatic N) is 10. The van der Waals surface area contributed by atoms with Crippen LogP contribution in [0.2, 0.25) is 0 Å². The van der Waals surface area contributed by atoms with Crippen LogP contribution in [0.25, 0.3) is 178 Å². The number of rotatable bonds is 10. The highest BCUT2D eigenvalue weighted by molar-refractivity contribution is 6.17. The molecule has 0 aliphatic heterocycles. The molecule has 0 saturated heterocycles. The smallest absolute Gasteiger partial charge is 0.0979 e. The third kappa shape index (κ3) is 11.0. The van der Waals surface area contributed by atoms with E-state index in [0.717, 1.165) is 178 Å². The molecule has 0 bridgehead atoms. The molecule has 0 radical (unpaired) electrons. The fourth-order valence-corrected chi connectivity index (χ4v) is 13.0. The molecule has 0 atom stereocenters. The van der Waals surface area contributed by atoms with Crippen LogP contribution in [-0.2, 0) is 0 Å². The molecule has 96 heavy (non-hydrogen) atoms. The minimum absolute atomic E-state index is 0.874. The normalized spacial score (nSPS) is 11.3. The molecule has 18 rings (SSSR count). The molecule has 0 aliphatic carbocycles. The molecule has 0 aliphatic rings. The lowest BCUT2D eigenvalue weighted by Gasteiger charge is -2.13. The van der Waals surface area contributed by atoms with Crippen LogP contribution in [0.5, 0.6) is 0 Å². The van der Waals surface area contributed by atoms with Gasteiger partial charge in [-0.05, 0) is 150 Å². The maximum atomic E-state index is 5.23. The summed E-state index contributed by atoms with van der Waals surface area (Å²) in [5, 5.41) is 6.37. The minimum atomic E-state index is 0.874. The van der Waals surface area contributed by atoms with Crippen LogP contribution < -0.4 is 0 Å². The van der Waals surface area contributed by atoms with E-state index in [1.165, 1.54) is 0 Å².